The van der Waals surface area contributed by atoms with Crippen LogP contribution in [0.3, 0.4) is 0 Å². The Bertz CT molecular complexity index is 573. The van der Waals surface area contributed by atoms with Crippen LogP contribution in [0.1, 0.15) is 31.3 Å². The number of hydrogen-bond donors (Lipinski definition) is 1. The predicted octanol–water partition coefficient (Wildman–Crippen LogP) is 4.04. The molecule has 0 saturated heterocycles. The van der Waals surface area contributed by atoms with E-state index in [1.54, 1.807) is 18.4 Å². The highest BCUT2D eigenvalue weighted by Crippen LogP contribution is 2.32. The summed E-state index contributed by atoms with van der Waals surface area (Å²) < 4.78 is 6.16. The van der Waals surface area contributed by atoms with E-state index in [0.717, 1.165) is 38.8 Å². The molecular weight excluding hydrogens is 338 g/mol. The van der Waals surface area contributed by atoms with Crippen molar-refractivity contribution in [1.82, 2.24) is 15.5 Å². The van der Waals surface area contributed by atoms with E-state index < -0.39 is 0 Å². The third kappa shape index (κ3) is 3.56. The average molecular weight is 356 g/mol. The topological polar surface area (TPSA) is 47.0 Å². The molecule has 0 bridgehead atoms. The molecule has 0 spiro atoms. The predicted molar refractivity (Wildman–Crippen MR) is 86.3 cm³/mol. The van der Waals surface area contributed by atoms with Crippen LogP contribution >= 0.6 is 27.3 Å². The molecular formula is C14H18BrN3OS. The Morgan fingerprint density at radius 1 is 1.40 bits per heavy atom. The summed E-state index contributed by atoms with van der Waals surface area (Å²) in [6.45, 7) is 5.26. The molecule has 4 nitrogen and oxygen atoms in total. The third-order valence-corrected chi connectivity index (χ3v) is 4.69. The maximum Gasteiger partial charge on any atom is 0.147 e. The molecule has 1 heterocycles. The van der Waals surface area contributed by atoms with Crippen molar-refractivity contribution in [1.29, 1.82) is 0 Å². The van der Waals surface area contributed by atoms with Crippen LogP contribution in [0.25, 0.3) is 10.6 Å². The second kappa shape index (κ2) is 7.15. The highest BCUT2D eigenvalue weighted by molar-refractivity contribution is 9.10. The van der Waals surface area contributed by atoms with Gasteiger partial charge in [-0.2, -0.15) is 0 Å². The fourth-order valence-corrected chi connectivity index (χ4v) is 3.18. The van der Waals surface area contributed by atoms with E-state index in [0.29, 0.717) is 0 Å². The maximum absolute atomic E-state index is 5.23. The molecule has 0 aliphatic heterocycles. The average Bonchev–Trinajstić information content (AvgIpc) is 2.94. The van der Waals surface area contributed by atoms with Crippen molar-refractivity contribution in [2.45, 2.75) is 26.3 Å². The molecule has 0 aliphatic rings. The molecule has 1 N–H and O–H groups in total. The standard InChI is InChI=1S/C14H18BrN3OS/c1-4-7-16-9(2)13-17-18-14(20-13)10-5-6-12(19-3)11(15)8-10/h5-6,8-9,16H,4,7H2,1-3H3. The zero-order valence-corrected chi connectivity index (χ0v) is 14.2. The van der Waals surface area contributed by atoms with Gasteiger partial charge in [-0.05, 0) is 54.0 Å². The molecule has 1 atom stereocenters. The number of benzene rings is 1. The van der Waals surface area contributed by atoms with Crippen LogP contribution in [-0.4, -0.2) is 23.9 Å². The minimum absolute atomic E-state index is 0.239. The normalized spacial score (nSPS) is 12.4. The molecule has 20 heavy (non-hydrogen) atoms. The first-order chi connectivity index (χ1) is 9.65. The van der Waals surface area contributed by atoms with Crippen LogP contribution in [0, 0.1) is 0 Å². The summed E-state index contributed by atoms with van der Waals surface area (Å²) in [6, 6.07) is 6.17. The first kappa shape index (κ1) is 15.4. The van der Waals surface area contributed by atoms with E-state index in [2.05, 4.69) is 45.3 Å². The van der Waals surface area contributed by atoms with E-state index in [1.165, 1.54) is 0 Å². The number of rotatable bonds is 6. The Labute approximate surface area is 131 Å². The summed E-state index contributed by atoms with van der Waals surface area (Å²) in [5.74, 6) is 0.816. The largest absolute Gasteiger partial charge is 0.496 e. The molecule has 0 aliphatic carbocycles. The van der Waals surface area contributed by atoms with Gasteiger partial charge >= 0.3 is 0 Å². The summed E-state index contributed by atoms with van der Waals surface area (Å²) in [5.41, 5.74) is 1.05. The van der Waals surface area contributed by atoms with Gasteiger partial charge < -0.3 is 10.1 Å². The number of aromatic nitrogens is 2. The first-order valence-electron chi connectivity index (χ1n) is 6.56. The molecule has 1 aromatic heterocycles. The summed E-state index contributed by atoms with van der Waals surface area (Å²) >= 11 is 5.11. The van der Waals surface area contributed by atoms with Gasteiger partial charge in [-0.15, -0.1) is 10.2 Å². The molecule has 1 aromatic carbocycles. The van der Waals surface area contributed by atoms with Gasteiger partial charge in [0.05, 0.1) is 17.6 Å². The number of hydrogen-bond acceptors (Lipinski definition) is 5. The Hall–Kier alpha value is -0.980. The van der Waals surface area contributed by atoms with Crippen molar-refractivity contribution < 1.29 is 4.74 Å². The van der Waals surface area contributed by atoms with Gasteiger partial charge in [-0.1, -0.05) is 18.3 Å². The van der Waals surface area contributed by atoms with Crippen molar-refractivity contribution in [2.75, 3.05) is 13.7 Å². The third-order valence-electron chi connectivity index (χ3n) is 2.91. The first-order valence-corrected chi connectivity index (χ1v) is 8.17. The molecule has 2 aromatic rings. The van der Waals surface area contributed by atoms with E-state index in [-0.39, 0.29) is 6.04 Å². The van der Waals surface area contributed by atoms with Crippen molar-refractivity contribution in [3.63, 3.8) is 0 Å². The van der Waals surface area contributed by atoms with Gasteiger partial charge in [0.1, 0.15) is 15.8 Å². The smallest absolute Gasteiger partial charge is 0.147 e. The number of nitrogens with one attached hydrogen (secondary N) is 1. The van der Waals surface area contributed by atoms with Crippen molar-refractivity contribution >= 4 is 27.3 Å². The van der Waals surface area contributed by atoms with Gasteiger partial charge in [-0.3, -0.25) is 0 Å². The van der Waals surface area contributed by atoms with E-state index in [9.17, 15) is 0 Å². The lowest BCUT2D eigenvalue weighted by molar-refractivity contribution is 0.412. The monoisotopic (exact) mass is 355 g/mol. The zero-order valence-electron chi connectivity index (χ0n) is 11.8. The minimum atomic E-state index is 0.239. The van der Waals surface area contributed by atoms with Crippen LogP contribution in [0.4, 0.5) is 0 Å². The number of halogens is 1. The number of methoxy groups -OCH3 is 1. The molecule has 2 rings (SSSR count). The molecule has 0 radical (unpaired) electrons. The van der Waals surface area contributed by atoms with Gasteiger partial charge in [0.25, 0.3) is 0 Å². The fraction of sp³-hybridized carbons (Fsp3) is 0.429. The number of nitrogens with zero attached hydrogens (tertiary/aromatic N) is 2. The zero-order chi connectivity index (χ0) is 14.5. The van der Waals surface area contributed by atoms with Crippen LogP contribution in [0.5, 0.6) is 5.75 Å². The van der Waals surface area contributed by atoms with Gasteiger partial charge in [0.15, 0.2) is 0 Å². The van der Waals surface area contributed by atoms with Gasteiger partial charge in [-0.25, -0.2) is 0 Å². The molecule has 1 unspecified atom stereocenters. The quantitative estimate of drug-likeness (QED) is 0.849. The summed E-state index contributed by atoms with van der Waals surface area (Å²) in [7, 11) is 1.66. The highest BCUT2D eigenvalue weighted by Gasteiger charge is 2.13. The van der Waals surface area contributed by atoms with E-state index >= 15 is 0 Å². The molecule has 108 valence electrons. The Morgan fingerprint density at radius 3 is 2.85 bits per heavy atom. The minimum Gasteiger partial charge on any atom is -0.496 e. The number of ether oxygens (including phenoxy) is 1. The lowest BCUT2D eigenvalue weighted by Gasteiger charge is -2.08. The van der Waals surface area contributed by atoms with Crippen molar-refractivity contribution in [3.05, 3.63) is 27.7 Å². The van der Waals surface area contributed by atoms with E-state index in [1.807, 2.05) is 18.2 Å². The highest BCUT2D eigenvalue weighted by atomic mass is 79.9. The molecule has 0 saturated carbocycles. The molecule has 0 amide bonds. The second-order valence-electron chi connectivity index (χ2n) is 4.47. The lowest BCUT2D eigenvalue weighted by atomic mass is 10.2. The van der Waals surface area contributed by atoms with Gasteiger partial charge in [0.2, 0.25) is 0 Å². The SMILES string of the molecule is CCCNC(C)c1nnc(-c2ccc(OC)c(Br)c2)s1. The lowest BCUT2D eigenvalue weighted by Crippen LogP contribution is -2.18. The Morgan fingerprint density at radius 2 is 2.20 bits per heavy atom. The van der Waals surface area contributed by atoms with Crippen LogP contribution in [0.2, 0.25) is 0 Å². The second-order valence-corrected chi connectivity index (χ2v) is 6.33. The molecule has 0 fully saturated rings. The Balaban J connectivity index is 2.18. The summed E-state index contributed by atoms with van der Waals surface area (Å²) in [5, 5.41) is 13.9. The molecule has 6 heteroatoms. The fourth-order valence-electron chi connectivity index (χ4n) is 1.77. The van der Waals surface area contributed by atoms with Crippen molar-refractivity contribution in [2.24, 2.45) is 0 Å². The van der Waals surface area contributed by atoms with Gasteiger partial charge in [0, 0.05) is 5.56 Å². The van der Waals surface area contributed by atoms with E-state index in [4.69, 9.17) is 4.74 Å². The van der Waals surface area contributed by atoms with Crippen LogP contribution < -0.4 is 10.1 Å². The summed E-state index contributed by atoms with van der Waals surface area (Å²) in [6.07, 6.45) is 1.11. The maximum atomic E-state index is 5.23. The van der Waals surface area contributed by atoms with Crippen LogP contribution in [0.15, 0.2) is 22.7 Å². The van der Waals surface area contributed by atoms with Crippen LogP contribution in [-0.2, 0) is 0 Å². The Kier molecular flexibility index (Phi) is 5.51. The summed E-state index contributed by atoms with van der Waals surface area (Å²) in [4.78, 5) is 0. The van der Waals surface area contributed by atoms with Crippen molar-refractivity contribution in [3.8, 4) is 16.3 Å².